The fourth-order valence-corrected chi connectivity index (χ4v) is 10.8. The van der Waals surface area contributed by atoms with Crippen molar-refractivity contribution < 1.29 is 4.42 Å². The summed E-state index contributed by atoms with van der Waals surface area (Å²) in [6.07, 6.45) is 16.5. The molecule has 11 aromatic rings. The molecule has 0 amide bonds. The number of fused-ring (bicyclic) bond motifs is 13. The van der Waals surface area contributed by atoms with Crippen LogP contribution < -0.4 is 0 Å². The molecular formula is C59H38N4O. The zero-order valence-electron chi connectivity index (χ0n) is 34.7. The minimum absolute atomic E-state index is 0.0929. The lowest BCUT2D eigenvalue weighted by Crippen LogP contribution is -2.16. The molecule has 0 fully saturated rings. The third kappa shape index (κ3) is 5.34. The molecule has 3 heterocycles. The number of benzene rings is 8. The van der Waals surface area contributed by atoms with Crippen LogP contribution in [0.5, 0.6) is 0 Å². The lowest BCUT2D eigenvalue weighted by atomic mass is 9.79. The summed E-state index contributed by atoms with van der Waals surface area (Å²) < 4.78 is 9.89. The van der Waals surface area contributed by atoms with Gasteiger partial charge in [-0.25, -0.2) is 15.0 Å². The molecule has 0 N–H and O–H groups in total. The molecule has 0 bridgehead atoms. The van der Waals surface area contributed by atoms with Crippen LogP contribution in [0.2, 0.25) is 0 Å². The van der Waals surface area contributed by atoms with Gasteiger partial charge in [0.05, 0.1) is 11.6 Å². The monoisotopic (exact) mass is 818 g/mol. The Balaban J connectivity index is 1.00. The SMILES string of the molecule is C1=CC2C=Cc3c(oc4c3C(c3nc(-c5ccc6ccccc6c5)nc(-c5ccc6c(ccc7ccccc76)c5)n3)=CCC4n3c4ccccc4c4cc5ccccc5cc43)C2C=C1. The third-order valence-electron chi connectivity index (χ3n) is 13.9. The first-order valence-corrected chi connectivity index (χ1v) is 22.2. The molecule has 3 atom stereocenters. The van der Waals surface area contributed by atoms with Gasteiger partial charge in [0.15, 0.2) is 17.5 Å². The fraction of sp³-hybridized carbons (Fsp3) is 0.0678. The number of para-hydroxylation sites is 1. The van der Waals surface area contributed by atoms with Crippen LogP contribution in [-0.2, 0) is 0 Å². The van der Waals surface area contributed by atoms with Gasteiger partial charge in [0.2, 0.25) is 0 Å². The van der Waals surface area contributed by atoms with Gasteiger partial charge in [0.1, 0.15) is 11.5 Å². The van der Waals surface area contributed by atoms with Gasteiger partial charge in [-0.1, -0.05) is 170 Å². The molecule has 8 aromatic carbocycles. The van der Waals surface area contributed by atoms with Crippen LogP contribution in [0, 0.1) is 5.92 Å². The first-order valence-electron chi connectivity index (χ1n) is 22.2. The Morgan fingerprint density at radius 1 is 0.469 bits per heavy atom. The van der Waals surface area contributed by atoms with Crippen molar-refractivity contribution in [1.82, 2.24) is 19.5 Å². The molecule has 0 saturated heterocycles. The van der Waals surface area contributed by atoms with Crippen molar-refractivity contribution in [3.05, 3.63) is 223 Å². The van der Waals surface area contributed by atoms with Gasteiger partial charge < -0.3 is 8.98 Å². The molecule has 14 rings (SSSR count). The Morgan fingerprint density at radius 3 is 1.94 bits per heavy atom. The highest BCUT2D eigenvalue weighted by Crippen LogP contribution is 2.51. The standard InChI is InChI=1S/C59H38N4O/c1-2-14-38-31-42(24-21-35(38)11-1)57-60-58(43-26-27-45-41(32-43)23-22-36-12-5-7-17-44(36)45)62-59(61-57)49-29-30-52(56-54(49)48-28-25-37-13-6-8-18-46(37)55(48)64-56)63-51-20-10-9-19-47(51)50-33-39-15-3-4-16-40(39)34-53(50)63/h1-29,31-34,37,46,52H,30H2. The second kappa shape index (κ2) is 13.7. The van der Waals surface area contributed by atoms with Crippen molar-refractivity contribution >= 4 is 76.5 Å². The molecule has 300 valence electrons. The number of hydrogen-bond donors (Lipinski definition) is 0. The van der Waals surface area contributed by atoms with Gasteiger partial charge in [-0.3, -0.25) is 0 Å². The normalized spacial score (nSPS) is 17.7. The maximum atomic E-state index is 7.36. The fourth-order valence-electron chi connectivity index (χ4n) is 10.8. The number of furan rings is 1. The third-order valence-corrected chi connectivity index (χ3v) is 13.9. The molecule has 0 saturated carbocycles. The highest BCUT2D eigenvalue weighted by Gasteiger charge is 2.38. The van der Waals surface area contributed by atoms with E-state index >= 15 is 0 Å². The van der Waals surface area contributed by atoms with E-state index in [2.05, 4.69) is 205 Å². The van der Waals surface area contributed by atoms with E-state index < -0.39 is 0 Å². The summed E-state index contributed by atoms with van der Waals surface area (Å²) in [5, 5.41) is 12.0. The largest absolute Gasteiger partial charge is 0.462 e. The maximum Gasteiger partial charge on any atom is 0.164 e. The average molecular weight is 819 g/mol. The van der Waals surface area contributed by atoms with Crippen molar-refractivity contribution in [3.63, 3.8) is 0 Å². The number of aromatic nitrogens is 4. The summed E-state index contributed by atoms with van der Waals surface area (Å²) in [7, 11) is 0. The van der Waals surface area contributed by atoms with E-state index in [0.29, 0.717) is 23.9 Å². The van der Waals surface area contributed by atoms with Crippen LogP contribution >= 0.6 is 0 Å². The summed E-state index contributed by atoms with van der Waals surface area (Å²) in [6.45, 7) is 0. The molecule has 3 aliphatic rings. The zero-order chi connectivity index (χ0) is 41.9. The van der Waals surface area contributed by atoms with Gasteiger partial charge in [0.25, 0.3) is 0 Å². The summed E-state index contributed by atoms with van der Waals surface area (Å²) in [5.41, 5.74) is 7.40. The molecule has 3 unspecified atom stereocenters. The average Bonchev–Trinajstić information content (AvgIpc) is 3.91. The second-order valence-electron chi connectivity index (χ2n) is 17.4. The second-order valence-corrected chi connectivity index (χ2v) is 17.4. The van der Waals surface area contributed by atoms with Crippen molar-refractivity contribution in [2.24, 2.45) is 5.92 Å². The highest BCUT2D eigenvalue weighted by atomic mass is 16.3. The Morgan fingerprint density at radius 2 is 1.09 bits per heavy atom. The van der Waals surface area contributed by atoms with Crippen LogP contribution in [0.1, 0.15) is 46.9 Å². The van der Waals surface area contributed by atoms with Crippen LogP contribution in [-0.4, -0.2) is 19.5 Å². The van der Waals surface area contributed by atoms with E-state index in [1.54, 1.807) is 0 Å². The minimum Gasteiger partial charge on any atom is -0.462 e. The number of rotatable bonds is 4. The molecule has 0 aliphatic heterocycles. The Kier molecular flexibility index (Phi) is 7.57. The van der Waals surface area contributed by atoms with E-state index in [1.165, 1.54) is 54.1 Å². The van der Waals surface area contributed by atoms with Gasteiger partial charge in [-0.2, -0.15) is 0 Å². The molecule has 3 aromatic heterocycles. The van der Waals surface area contributed by atoms with Crippen LogP contribution in [0.4, 0.5) is 0 Å². The van der Waals surface area contributed by atoms with E-state index in [9.17, 15) is 0 Å². The number of hydrogen-bond acceptors (Lipinski definition) is 4. The van der Waals surface area contributed by atoms with Gasteiger partial charge >= 0.3 is 0 Å². The molecule has 5 nitrogen and oxygen atoms in total. The molecule has 64 heavy (non-hydrogen) atoms. The predicted molar refractivity (Wildman–Crippen MR) is 262 cm³/mol. The lowest BCUT2D eigenvalue weighted by Gasteiger charge is -2.25. The molecule has 3 aliphatic carbocycles. The highest BCUT2D eigenvalue weighted by molar-refractivity contribution is 6.13. The topological polar surface area (TPSA) is 56.7 Å². The van der Waals surface area contributed by atoms with Crippen LogP contribution in [0.25, 0.3) is 99.3 Å². The van der Waals surface area contributed by atoms with E-state index in [4.69, 9.17) is 19.4 Å². The van der Waals surface area contributed by atoms with E-state index in [0.717, 1.165) is 50.1 Å². The summed E-state index contributed by atoms with van der Waals surface area (Å²) in [6, 6.07) is 56.6. The maximum absolute atomic E-state index is 7.36. The first-order chi connectivity index (χ1) is 31.7. The summed E-state index contributed by atoms with van der Waals surface area (Å²) in [5.74, 6) is 4.16. The molecular weight excluding hydrogens is 781 g/mol. The van der Waals surface area contributed by atoms with E-state index in [1.807, 2.05) is 0 Å². The first kappa shape index (κ1) is 35.4. The zero-order valence-corrected chi connectivity index (χ0v) is 34.7. The summed E-state index contributed by atoms with van der Waals surface area (Å²) >= 11 is 0. The van der Waals surface area contributed by atoms with Crippen molar-refractivity contribution in [3.8, 4) is 22.8 Å². The van der Waals surface area contributed by atoms with E-state index in [-0.39, 0.29) is 17.9 Å². The Labute approximate surface area is 368 Å². The Hall–Kier alpha value is -8.15. The summed E-state index contributed by atoms with van der Waals surface area (Å²) in [4.78, 5) is 16.1. The molecule has 0 radical (unpaired) electrons. The van der Waals surface area contributed by atoms with Crippen LogP contribution in [0.15, 0.2) is 199 Å². The molecule has 0 spiro atoms. The lowest BCUT2D eigenvalue weighted by molar-refractivity contribution is 0.390. The molecule has 5 heteroatoms. The predicted octanol–water partition coefficient (Wildman–Crippen LogP) is 14.8. The van der Waals surface area contributed by atoms with Crippen molar-refractivity contribution in [1.29, 1.82) is 0 Å². The Bertz CT molecular complexity index is 3920. The van der Waals surface area contributed by atoms with Crippen molar-refractivity contribution in [2.45, 2.75) is 18.4 Å². The van der Waals surface area contributed by atoms with Crippen molar-refractivity contribution in [2.75, 3.05) is 0 Å². The van der Waals surface area contributed by atoms with Gasteiger partial charge in [-0.05, 0) is 79.8 Å². The van der Waals surface area contributed by atoms with Gasteiger partial charge in [0, 0.05) is 56.0 Å². The number of allylic oxidation sites excluding steroid dienone is 6. The number of nitrogens with zero attached hydrogens (tertiary/aromatic N) is 4. The smallest absolute Gasteiger partial charge is 0.164 e. The van der Waals surface area contributed by atoms with Crippen LogP contribution in [0.3, 0.4) is 0 Å². The minimum atomic E-state index is -0.112. The van der Waals surface area contributed by atoms with Gasteiger partial charge in [-0.15, -0.1) is 0 Å². The quantitative estimate of drug-likeness (QED) is 0.166.